The number of fused-ring (bicyclic) bond motifs is 2. The van der Waals surface area contributed by atoms with E-state index >= 15 is 0 Å². The van der Waals surface area contributed by atoms with Gasteiger partial charge >= 0.3 is 5.97 Å². The highest BCUT2D eigenvalue weighted by atomic mass is 19.1. The van der Waals surface area contributed by atoms with E-state index in [1.54, 1.807) is 12.1 Å². The van der Waals surface area contributed by atoms with E-state index in [1.807, 2.05) is 0 Å². The van der Waals surface area contributed by atoms with E-state index in [-0.39, 0.29) is 18.6 Å². The summed E-state index contributed by atoms with van der Waals surface area (Å²) in [6.07, 6.45) is 2.00. The molecule has 0 aromatic heterocycles. The van der Waals surface area contributed by atoms with Gasteiger partial charge in [-0.25, -0.2) is 4.39 Å². The molecule has 1 aromatic rings. The molecule has 1 aromatic carbocycles. The van der Waals surface area contributed by atoms with Crippen molar-refractivity contribution in [3.8, 4) is 5.75 Å². The topological polar surface area (TPSA) is 55.8 Å². The fourth-order valence-electron chi connectivity index (χ4n) is 3.42. The lowest BCUT2D eigenvalue weighted by Gasteiger charge is -2.31. The number of carboxylic acids is 1. The standard InChI is InChI=1S/C15H17FO4/c1-19-10-3-2-9(12(16)6-10)7-15(14(17)18)8-11-4-5-13(15)20-11/h2-3,6,11,13H,4-5,7-8H2,1H3,(H,17,18). The van der Waals surface area contributed by atoms with Crippen LogP contribution in [0.3, 0.4) is 0 Å². The minimum absolute atomic E-state index is 0.0115. The van der Waals surface area contributed by atoms with E-state index in [9.17, 15) is 14.3 Å². The van der Waals surface area contributed by atoms with Gasteiger partial charge in [-0.15, -0.1) is 0 Å². The van der Waals surface area contributed by atoms with Crippen molar-refractivity contribution in [1.82, 2.24) is 0 Å². The summed E-state index contributed by atoms with van der Waals surface area (Å²) in [7, 11) is 1.47. The normalized spacial score (nSPS) is 31.5. The summed E-state index contributed by atoms with van der Waals surface area (Å²) in [5.74, 6) is -0.882. The van der Waals surface area contributed by atoms with Crippen molar-refractivity contribution in [1.29, 1.82) is 0 Å². The minimum Gasteiger partial charge on any atom is -0.497 e. The summed E-state index contributed by atoms with van der Waals surface area (Å²) in [5, 5.41) is 9.61. The number of carbonyl (C=O) groups is 1. The number of hydrogen-bond donors (Lipinski definition) is 1. The molecule has 0 saturated carbocycles. The van der Waals surface area contributed by atoms with Gasteiger partial charge in [0.2, 0.25) is 0 Å². The second-order valence-corrected chi connectivity index (χ2v) is 5.62. The molecule has 1 N–H and O–H groups in total. The van der Waals surface area contributed by atoms with Crippen molar-refractivity contribution in [3.63, 3.8) is 0 Å². The van der Waals surface area contributed by atoms with Gasteiger partial charge in [0, 0.05) is 6.07 Å². The molecule has 2 fully saturated rings. The lowest BCUT2D eigenvalue weighted by atomic mass is 9.70. The van der Waals surface area contributed by atoms with E-state index in [4.69, 9.17) is 9.47 Å². The number of methoxy groups -OCH3 is 1. The van der Waals surface area contributed by atoms with E-state index in [1.165, 1.54) is 13.2 Å². The van der Waals surface area contributed by atoms with Crippen LogP contribution in [0.5, 0.6) is 5.75 Å². The quantitative estimate of drug-likeness (QED) is 0.920. The van der Waals surface area contributed by atoms with Gasteiger partial charge in [0.25, 0.3) is 0 Å². The number of hydrogen-bond acceptors (Lipinski definition) is 3. The molecule has 3 atom stereocenters. The Morgan fingerprint density at radius 3 is 2.85 bits per heavy atom. The number of ether oxygens (including phenoxy) is 2. The Morgan fingerprint density at radius 2 is 2.35 bits per heavy atom. The lowest BCUT2D eigenvalue weighted by molar-refractivity contribution is -0.152. The van der Waals surface area contributed by atoms with Crippen molar-refractivity contribution >= 4 is 5.97 Å². The van der Waals surface area contributed by atoms with Crippen molar-refractivity contribution in [2.75, 3.05) is 7.11 Å². The Labute approximate surface area is 116 Å². The molecule has 2 heterocycles. The summed E-state index contributed by atoms with van der Waals surface area (Å²) in [6, 6.07) is 4.55. The third-order valence-corrected chi connectivity index (χ3v) is 4.51. The van der Waals surface area contributed by atoms with Crippen LogP contribution in [0.1, 0.15) is 24.8 Å². The first-order valence-corrected chi connectivity index (χ1v) is 6.76. The molecule has 0 radical (unpaired) electrons. The van der Waals surface area contributed by atoms with Crippen LogP contribution in [0.15, 0.2) is 18.2 Å². The lowest BCUT2D eigenvalue weighted by Crippen LogP contribution is -2.42. The van der Waals surface area contributed by atoms with Crippen molar-refractivity contribution in [3.05, 3.63) is 29.6 Å². The summed E-state index contributed by atoms with van der Waals surface area (Å²) >= 11 is 0. The first-order valence-electron chi connectivity index (χ1n) is 6.76. The average Bonchev–Trinajstić information content (AvgIpc) is 3.02. The van der Waals surface area contributed by atoms with Crippen LogP contribution in [0.25, 0.3) is 0 Å². The SMILES string of the molecule is COc1ccc(CC2(C(=O)O)CC3CCC2O3)c(F)c1. The zero-order valence-electron chi connectivity index (χ0n) is 11.3. The van der Waals surface area contributed by atoms with Crippen molar-refractivity contribution < 1.29 is 23.8 Å². The molecular weight excluding hydrogens is 263 g/mol. The highest BCUT2D eigenvalue weighted by Crippen LogP contribution is 2.50. The molecule has 2 aliphatic rings. The molecule has 0 amide bonds. The molecule has 2 aliphatic heterocycles. The maximum absolute atomic E-state index is 14.1. The van der Waals surface area contributed by atoms with Crippen LogP contribution >= 0.6 is 0 Å². The van der Waals surface area contributed by atoms with Gasteiger partial charge in [-0.2, -0.15) is 0 Å². The zero-order chi connectivity index (χ0) is 14.3. The summed E-state index contributed by atoms with van der Waals surface area (Å²) < 4.78 is 24.7. The second-order valence-electron chi connectivity index (χ2n) is 5.62. The van der Waals surface area contributed by atoms with Crippen LogP contribution in [0, 0.1) is 11.2 Å². The van der Waals surface area contributed by atoms with Crippen molar-refractivity contribution in [2.45, 2.75) is 37.9 Å². The van der Waals surface area contributed by atoms with Crippen molar-refractivity contribution in [2.24, 2.45) is 5.41 Å². The maximum Gasteiger partial charge on any atom is 0.312 e. The fourth-order valence-corrected chi connectivity index (χ4v) is 3.42. The molecule has 3 rings (SSSR count). The monoisotopic (exact) mass is 280 g/mol. The Kier molecular flexibility index (Phi) is 3.17. The molecule has 20 heavy (non-hydrogen) atoms. The summed E-state index contributed by atoms with van der Waals surface area (Å²) in [6.45, 7) is 0. The first kappa shape index (κ1) is 13.4. The van der Waals surface area contributed by atoms with Crippen LogP contribution < -0.4 is 4.74 Å². The van der Waals surface area contributed by atoms with Gasteiger partial charge in [0.1, 0.15) is 17.0 Å². The molecule has 2 saturated heterocycles. The molecule has 108 valence electrons. The van der Waals surface area contributed by atoms with Crippen LogP contribution in [-0.2, 0) is 16.0 Å². The van der Waals surface area contributed by atoms with Gasteiger partial charge in [-0.1, -0.05) is 6.07 Å². The first-order chi connectivity index (χ1) is 9.55. The van der Waals surface area contributed by atoms with Crippen LogP contribution in [0.2, 0.25) is 0 Å². The van der Waals surface area contributed by atoms with E-state index in [0.717, 1.165) is 12.8 Å². The van der Waals surface area contributed by atoms with Gasteiger partial charge in [0.05, 0.1) is 19.3 Å². The minimum atomic E-state index is -0.988. The number of aliphatic carboxylic acids is 1. The third-order valence-electron chi connectivity index (χ3n) is 4.51. The average molecular weight is 280 g/mol. The Hall–Kier alpha value is -1.62. The fraction of sp³-hybridized carbons (Fsp3) is 0.533. The molecule has 5 heteroatoms. The Morgan fingerprint density at radius 1 is 1.55 bits per heavy atom. The molecule has 0 spiro atoms. The highest BCUT2D eigenvalue weighted by Gasteiger charge is 2.57. The second kappa shape index (κ2) is 4.74. The van der Waals surface area contributed by atoms with Gasteiger partial charge < -0.3 is 14.6 Å². The number of carboxylic acid groups (broad SMARTS) is 1. The van der Waals surface area contributed by atoms with Crippen LogP contribution in [-0.4, -0.2) is 30.4 Å². The van der Waals surface area contributed by atoms with Gasteiger partial charge in [0.15, 0.2) is 0 Å². The van der Waals surface area contributed by atoms with Gasteiger partial charge in [-0.05, 0) is 37.3 Å². The Balaban J connectivity index is 1.90. The van der Waals surface area contributed by atoms with Gasteiger partial charge in [-0.3, -0.25) is 4.79 Å². The summed E-state index contributed by atoms with van der Waals surface area (Å²) in [4.78, 5) is 11.7. The molecular formula is C15H17FO4. The molecule has 0 aliphatic carbocycles. The third kappa shape index (κ3) is 1.97. The largest absolute Gasteiger partial charge is 0.497 e. The van der Waals surface area contributed by atoms with E-state index in [2.05, 4.69) is 0 Å². The predicted molar refractivity (Wildman–Crippen MR) is 69.2 cm³/mol. The predicted octanol–water partition coefficient (Wildman–Crippen LogP) is 2.40. The van der Waals surface area contributed by atoms with E-state index in [0.29, 0.717) is 17.7 Å². The molecule has 2 bridgehead atoms. The zero-order valence-corrected chi connectivity index (χ0v) is 11.3. The van der Waals surface area contributed by atoms with Crippen LogP contribution in [0.4, 0.5) is 4.39 Å². The number of rotatable bonds is 4. The molecule has 3 unspecified atom stereocenters. The number of benzene rings is 1. The Bertz CT molecular complexity index is 545. The summed E-state index contributed by atoms with van der Waals surface area (Å²) in [5.41, 5.74) is -0.581. The number of halogens is 1. The molecule has 4 nitrogen and oxygen atoms in total. The highest BCUT2D eigenvalue weighted by molar-refractivity contribution is 5.77. The smallest absolute Gasteiger partial charge is 0.312 e. The maximum atomic E-state index is 14.1. The van der Waals surface area contributed by atoms with E-state index < -0.39 is 17.2 Å².